The van der Waals surface area contributed by atoms with Gasteiger partial charge in [-0.15, -0.1) is 0 Å². The summed E-state index contributed by atoms with van der Waals surface area (Å²) in [6, 6.07) is 7.42. The van der Waals surface area contributed by atoms with Gasteiger partial charge in [0.15, 0.2) is 0 Å². The van der Waals surface area contributed by atoms with Crippen LogP contribution in [0.4, 0.5) is 10.2 Å². The van der Waals surface area contributed by atoms with E-state index in [1.54, 1.807) is 18.2 Å². The molecule has 2 aromatic heterocycles. The summed E-state index contributed by atoms with van der Waals surface area (Å²) in [5, 5.41) is 0.379. The van der Waals surface area contributed by atoms with Gasteiger partial charge in [0.05, 0.1) is 23.0 Å². The molecular formula is C23H26FN3O6S2. The SMILES string of the molecule is CS(=O)(=O)CCCN(c1nc2oc(Cc3ccc(F)cc3)c(C(N)=O)c2cc1C1CC1)S(C)(=O)=O. The molecule has 12 heteroatoms. The lowest BCUT2D eigenvalue weighted by Gasteiger charge is -2.23. The van der Waals surface area contributed by atoms with Crippen LogP contribution in [-0.2, 0) is 26.3 Å². The number of sulfone groups is 1. The largest absolute Gasteiger partial charge is 0.441 e. The third kappa shape index (κ3) is 5.81. The quantitative estimate of drug-likeness (QED) is 0.431. The molecule has 0 radical (unpaired) electrons. The number of hydrogen-bond donors (Lipinski definition) is 1. The number of nitrogens with two attached hydrogens (primary N) is 1. The minimum atomic E-state index is -3.80. The molecule has 4 rings (SSSR count). The van der Waals surface area contributed by atoms with Crippen molar-refractivity contribution in [2.45, 2.75) is 31.6 Å². The number of halogens is 1. The Hall–Kier alpha value is -2.99. The van der Waals surface area contributed by atoms with Crippen LogP contribution >= 0.6 is 0 Å². The average Bonchev–Trinajstić information content (AvgIpc) is 3.51. The lowest BCUT2D eigenvalue weighted by atomic mass is 10.0. The molecule has 0 atom stereocenters. The molecule has 188 valence electrons. The first-order valence-electron chi connectivity index (χ1n) is 11.0. The maximum atomic E-state index is 13.3. The van der Waals surface area contributed by atoms with Crippen molar-refractivity contribution in [3.05, 3.63) is 58.6 Å². The highest BCUT2D eigenvalue weighted by Gasteiger charge is 2.34. The van der Waals surface area contributed by atoms with Crippen LogP contribution in [0.1, 0.15) is 52.4 Å². The number of amides is 1. The number of furan rings is 1. The van der Waals surface area contributed by atoms with Crippen molar-refractivity contribution in [2.75, 3.05) is 29.1 Å². The van der Waals surface area contributed by atoms with Gasteiger partial charge in [0, 0.05) is 19.2 Å². The van der Waals surface area contributed by atoms with E-state index in [1.807, 2.05) is 0 Å². The topological polar surface area (TPSA) is 141 Å². The highest BCUT2D eigenvalue weighted by atomic mass is 32.2. The monoisotopic (exact) mass is 523 g/mol. The summed E-state index contributed by atoms with van der Waals surface area (Å²) in [6.45, 7) is -0.0735. The minimum Gasteiger partial charge on any atom is -0.441 e. The average molecular weight is 524 g/mol. The van der Waals surface area contributed by atoms with Gasteiger partial charge in [0.25, 0.3) is 5.91 Å². The van der Waals surface area contributed by atoms with Crippen LogP contribution in [0.5, 0.6) is 0 Å². The van der Waals surface area contributed by atoms with Crippen molar-refractivity contribution in [3.63, 3.8) is 0 Å². The molecule has 0 aliphatic heterocycles. The highest BCUT2D eigenvalue weighted by Crippen LogP contribution is 2.46. The molecule has 0 bridgehead atoms. The number of carbonyl (C=O) groups is 1. The first-order valence-corrected chi connectivity index (χ1v) is 14.9. The van der Waals surface area contributed by atoms with Crippen LogP contribution in [0.15, 0.2) is 34.7 Å². The number of carbonyl (C=O) groups excluding carboxylic acids is 1. The van der Waals surface area contributed by atoms with E-state index in [-0.39, 0.29) is 53.9 Å². The molecule has 1 aliphatic rings. The molecule has 1 aliphatic carbocycles. The van der Waals surface area contributed by atoms with E-state index in [0.29, 0.717) is 16.5 Å². The van der Waals surface area contributed by atoms with Crippen molar-refractivity contribution in [1.29, 1.82) is 0 Å². The predicted octanol–water partition coefficient (Wildman–Crippen LogP) is 2.73. The van der Waals surface area contributed by atoms with E-state index in [2.05, 4.69) is 4.98 Å². The fraction of sp³-hybridized carbons (Fsp3) is 0.391. The highest BCUT2D eigenvalue weighted by molar-refractivity contribution is 7.92. The lowest BCUT2D eigenvalue weighted by Crippen LogP contribution is -2.33. The Labute approximate surface area is 203 Å². The van der Waals surface area contributed by atoms with E-state index < -0.39 is 31.6 Å². The van der Waals surface area contributed by atoms with Gasteiger partial charge in [0.2, 0.25) is 15.7 Å². The van der Waals surface area contributed by atoms with Crippen LogP contribution < -0.4 is 10.0 Å². The van der Waals surface area contributed by atoms with Crippen molar-refractivity contribution in [2.24, 2.45) is 5.73 Å². The number of pyridine rings is 1. The molecule has 2 N–H and O–H groups in total. The molecule has 1 amide bonds. The molecule has 0 unspecified atom stereocenters. The Morgan fingerprint density at radius 1 is 1.17 bits per heavy atom. The molecule has 2 heterocycles. The Morgan fingerprint density at radius 2 is 1.83 bits per heavy atom. The third-order valence-electron chi connectivity index (χ3n) is 5.82. The summed E-state index contributed by atoms with van der Waals surface area (Å²) in [5.41, 5.74) is 7.19. The van der Waals surface area contributed by atoms with Crippen molar-refractivity contribution in [3.8, 4) is 0 Å². The van der Waals surface area contributed by atoms with Gasteiger partial charge in [-0.05, 0) is 54.5 Å². The Morgan fingerprint density at radius 3 is 2.37 bits per heavy atom. The molecular weight excluding hydrogens is 497 g/mol. The molecule has 1 saturated carbocycles. The van der Waals surface area contributed by atoms with E-state index >= 15 is 0 Å². The lowest BCUT2D eigenvalue weighted by molar-refractivity contribution is 0.1000. The molecule has 1 aromatic carbocycles. The van der Waals surface area contributed by atoms with Crippen LogP contribution in [-0.4, -0.2) is 52.5 Å². The minimum absolute atomic E-state index is 0.0482. The Kier molecular flexibility index (Phi) is 6.62. The van der Waals surface area contributed by atoms with Crippen LogP contribution in [0.25, 0.3) is 11.1 Å². The second kappa shape index (κ2) is 9.23. The first kappa shape index (κ1) is 25.1. The molecule has 35 heavy (non-hydrogen) atoms. The number of nitrogens with zero attached hydrogens (tertiary/aromatic N) is 2. The zero-order chi connectivity index (χ0) is 25.5. The van der Waals surface area contributed by atoms with Gasteiger partial charge in [-0.25, -0.2) is 21.2 Å². The maximum Gasteiger partial charge on any atom is 0.252 e. The number of sulfonamides is 1. The smallest absolute Gasteiger partial charge is 0.252 e. The van der Waals surface area contributed by atoms with Gasteiger partial charge in [-0.1, -0.05) is 12.1 Å². The number of aromatic nitrogens is 1. The summed E-state index contributed by atoms with van der Waals surface area (Å²) in [7, 11) is -7.07. The van der Waals surface area contributed by atoms with Crippen molar-refractivity contribution >= 4 is 42.7 Å². The zero-order valence-electron chi connectivity index (χ0n) is 19.3. The molecule has 9 nitrogen and oxygen atoms in total. The molecule has 1 fully saturated rings. The number of fused-ring (bicyclic) bond motifs is 1. The number of benzene rings is 1. The van der Waals surface area contributed by atoms with Gasteiger partial charge in [-0.2, -0.15) is 4.98 Å². The van der Waals surface area contributed by atoms with E-state index in [4.69, 9.17) is 10.2 Å². The standard InChI is InChI=1S/C23H26FN3O6S2/c1-34(29,30)11-3-10-27(35(2,31)32)22-17(15-6-7-15)13-18-20(21(25)28)19(33-23(18)26-22)12-14-4-8-16(24)9-5-14/h4-5,8-9,13,15H,3,6-7,10-12H2,1-2H3,(H2,25,28). The summed E-state index contributed by atoms with van der Waals surface area (Å²) in [6.07, 6.45) is 4.03. The number of hydrogen-bond acceptors (Lipinski definition) is 7. The number of primary amides is 1. The zero-order valence-corrected chi connectivity index (χ0v) is 21.0. The van der Waals surface area contributed by atoms with Crippen LogP contribution in [0.2, 0.25) is 0 Å². The summed E-state index contributed by atoms with van der Waals surface area (Å²) >= 11 is 0. The van der Waals surface area contributed by atoms with Gasteiger partial charge in [-0.3, -0.25) is 9.10 Å². The fourth-order valence-corrected chi connectivity index (χ4v) is 5.63. The second-order valence-electron chi connectivity index (χ2n) is 8.91. The third-order valence-corrected chi connectivity index (χ3v) is 8.00. The van der Waals surface area contributed by atoms with Crippen LogP contribution in [0.3, 0.4) is 0 Å². The maximum absolute atomic E-state index is 13.3. The Balaban J connectivity index is 1.82. The summed E-state index contributed by atoms with van der Waals surface area (Å²) in [4.78, 5) is 16.9. The van der Waals surface area contributed by atoms with Gasteiger partial charge in [0.1, 0.15) is 27.2 Å². The van der Waals surface area contributed by atoms with Crippen LogP contribution in [0, 0.1) is 5.82 Å². The molecule has 3 aromatic rings. The number of anilines is 1. The predicted molar refractivity (Wildman–Crippen MR) is 130 cm³/mol. The fourth-order valence-electron chi connectivity index (χ4n) is 4.05. The summed E-state index contributed by atoms with van der Waals surface area (Å²) < 4.78 is 68.8. The second-order valence-corrected chi connectivity index (χ2v) is 13.1. The van der Waals surface area contributed by atoms with E-state index in [1.165, 1.54) is 12.1 Å². The Bertz CT molecular complexity index is 1490. The van der Waals surface area contributed by atoms with E-state index in [0.717, 1.165) is 29.7 Å². The first-order chi connectivity index (χ1) is 16.3. The summed E-state index contributed by atoms with van der Waals surface area (Å²) in [5.74, 6) is -0.829. The van der Waals surface area contributed by atoms with Gasteiger partial charge >= 0.3 is 0 Å². The normalized spacial score (nSPS) is 14.4. The van der Waals surface area contributed by atoms with Crippen molar-refractivity contribution in [1.82, 2.24) is 4.98 Å². The molecule has 0 spiro atoms. The van der Waals surface area contributed by atoms with E-state index in [9.17, 15) is 26.0 Å². The molecule has 0 saturated heterocycles. The van der Waals surface area contributed by atoms with Crippen molar-refractivity contribution < 1.29 is 30.4 Å². The number of rotatable bonds is 10. The van der Waals surface area contributed by atoms with Gasteiger partial charge < -0.3 is 10.2 Å².